The predicted octanol–water partition coefficient (Wildman–Crippen LogP) is 3.89. The van der Waals surface area contributed by atoms with Crippen molar-refractivity contribution >= 4 is 16.7 Å². The van der Waals surface area contributed by atoms with E-state index in [9.17, 15) is 9.90 Å². The van der Waals surface area contributed by atoms with Gasteiger partial charge in [0, 0.05) is 5.39 Å². The number of fused-ring (bicyclic) bond motifs is 1. The number of carboxylic acids is 1. The van der Waals surface area contributed by atoms with E-state index in [2.05, 4.69) is 6.07 Å². The second kappa shape index (κ2) is 5.53. The van der Waals surface area contributed by atoms with Gasteiger partial charge in [0.2, 0.25) is 0 Å². The first kappa shape index (κ1) is 14.4. The van der Waals surface area contributed by atoms with E-state index in [1.807, 2.05) is 30.3 Å². The summed E-state index contributed by atoms with van der Waals surface area (Å²) in [5, 5.41) is 11.4. The van der Waals surface area contributed by atoms with E-state index < -0.39 is 11.4 Å². The Morgan fingerprint density at radius 1 is 1.15 bits per heavy atom. The Morgan fingerprint density at radius 3 is 2.40 bits per heavy atom. The zero-order valence-corrected chi connectivity index (χ0v) is 12.1. The van der Waals surface area contributed by atoms with Gasteiger partial charge >= 0.3 is 5.97 Å². The molecule has 0 aliphatic heterocycles. The van der Waals surface area contributed by atoms with Crippen molar-refractivity contribution in [1.82, 2.24) is 0 Å². The number of hydrogen-bond donors (Lipinski definition) is 1. The molecule has 0 aliphatic rings. The van der Waals surface area contributed by atoms with Crippen LogP contribution in [0, 0.1) is 5.41 Å². The van der Waals surface area contributed by atoms with Crippen molar-refractivity contribution in [3.63, 3.8) is 0 Å². The van der Waals surface area contributed by atoms with Crippen LogP contribution >= 0.6 is 0 Å². The minimum atomic E-state index is -0.754. The second-order valence-electron chi connectivity index (χ2n) is 5.66. The summed E-state index contributed by atoms with van der Waals surface area (Å²) < 4.78 is 5.37. The van der Waals surface area contributed by atoms with Crippen LogP contribution in [0.4, 0.5) is 0 Å². The molecule has 0 amide bonds. The molecule has 3 heteroatoms. The fourth-order valence-electron chi connectivity index (χ4n) is 2.28. The van der Waals surface area contributed by atoms with E-state index in [0.717, 1.165) is 28.5 Å². The molecule has 0 fully saturated rings. The van der Waals surface area contributed by atoms with Crippen LogP contribution in [0.2, 0.25) is 0 Å². The highest BCUT2D eigenvalue weighted by molar-refractivity contribution is 5.91. The molecule has 1 N–H and O–H groups in total. The van der Waals surface area contributed by atoms with Crippen LogP contribution in [0.5, 0.6) is 5.75 Å². The summed E-state index contributed by atoms with van der Waals surface area (Å²) in [6.07, 6.45) is 1.35. The summed E-state index contributed by atoms with van der Waals surface area (Å²) >= 11 is 0. The predicted molar refractivity (Wildman–Crippen MR) is 80.2 cm³/mol. The number of ether oxygens (including phenoxy) is 1. The average Bonchev–Trinajstić information content (AvgIpc) is 2.44. The second-order valence-corrected chi connectivity index (χ2v) is 5.66. The van der Waals surface area contributed by atoms with Crippen LogP contribution in [0.1, 0.15) is 25.8 Å². The maximum atomic E-state index is 11.2. The van der Waals surface area contributed by atoms with Gasteiger partial charge in [-0.15, -0.1) is 0 Å². The van der Waals surface area contributed by atoms with Gasteiger partial charge in [0.15, 0.2) is 0 Å². The third kappa shape index (κ3) is 2.77. The van der Waals surface area contributed by atoms with E-state index in [1.54, 1.807) is 21.0 Å². The normalized spacial score (nSPS) is 11.6. The fraction of sp³-hybridized carbons (Fsp3) is 0.353. The van der Waals surface area contributed by atoms with Crippen molar-refractivity contribution in [1.29, 1.82) is 0 Å². The standard InChI is InChI=1S/C17H20O3/c1-17(2,16(18)19)11-10-12-8-9-15(20-3)14-7-5-4-6-13(12)14/h4-9H,10-11H2,1-3H3,(H,18,19). The van der Waals surface area contributed by atoms with Crippen molar-refractivity contribution in [3.8, 4) is 5.75 Å². The topological polar surface area (TPSA) is 46.5 Å². The van der Waals surface area contributed by atoms with Gasteiger partial charge < -0.3 is 9.84 Å². The number of methoxy groups -OCH3 is 1. The SMILES string of the molecule is COc1ccc(CCC(C)(C)C(=O)O)c2ccccc12. The molecule has 0 spiro atoms. The minimum absolute atomic E-state index is 0.610. The highest BCUT2D eigenvalue weighted by Crippen LogP contribution is 2.31. The molecule has 0 bridgehead atoms. The number of rotatable bonds is 5. The Bertz CT molecular complexity index is 629. The summed E-state index contributed by atoms with van der Waals surface area (Å²) in [5.41, 5.74) is 0.455. The number of hydrogen-bond acceptors (Lipinski definition) is 2. The molecule has 0 atom stereocenters. The number of carboxylic acid groups (broad SMARTS) is 1. The van der Waals surface area contributed by atoms with Gasteiger partial charge in [-0.2, -0.15) is 0 Å². The molecule has 20 heavy (non-hydrogen) atoms. The zero-order chi connectivity index (χ0) is 14.8. The van der Waals surface area contributed by atoms with Gasteiger partial charge in [-0.25, -0.2) is 0 Å². The van der Waals surface area contributed by atoms with Crippen LogP contribution in [0.15, 0.2) is 36.4 Å². The molecule has 2 rings (SSSR count). The molecule has 0 saturated heterocycles. The Labute approximate surface area is 119 Å². The van der Waals surface area contributed by atoms with Crippen molar-refractivity contribution in [3.05, 3.63) is 42.0 Å². The lowest BCUT2D eigenvalue weighted by atomic mass is 9.85. The third-order valence-corrected chi connectivity index (χ3v) is 3.79. The number of aryl methyl sites for hydroxylation is 1. The lowest BCUT2D eigenvalue weighted by molar-refractivity contribution is -0.147. The number of benzene rings is 2. The van der Waals surface area contributed by atoms with E-state index in [4.69, 9.17) is 4.74 Å². The molecule has 0 unspecified atom stereocenters. The monoisotopic (exact) mass is 272 g/mol. The van der Waals surface area contributed by atoms with Crippen molar-refractivity contribution in [2.45, 2.75) is 26.7 Å². The Morgan fingerprint density at radius 2 is 1.80 bits per heavy atom. The van der Waals surface area contributed by atoms with Crippen molar-refractivity contribution in [2.24, 2.45) is 5.41 Å². The minimum Gasteiger partial charge on any atom is -0.496 e. The summed E-state index contributed by atoms with van der Waals surface area (Å²) in [6, 6.07) is 12.0. The van der Waals surface area contributed by atoms with Crippen molar-refractivity contribution < 1.29 is 14.6 Å². The van der Waals surface area contributed by atoms with Crippen LogP contribution < -0.4 is 4.74 Å². The van der Waals surface area contributed by atoms with Crippen LogP contribution in [0.25, 0.3) is 10.8 Å². The molecule has 0 saturated carbocycles. The van der Waals surface area contributed by atoms with Gasteiger partial charge in [-0.3, -0.25) is 4.79 Å². The Kier molecular flexibility index (Phi) is 3.98. The van der Waals surface area contributed by atoms with E-state index in [1.165, 1.54) is 0 Å². The van der Waals surface area contributed by atoms with Crippen LogP contribution in [-0.2, 0) is 11.2 Å². The molecule has 0 aromatic heterocycles. The highest BCUT2D eigenvalue weighted by atomic mass is 16.5. The molecule has 0 heterocycles. The van der Waals surface area contributed by atoms with E-state index in [0.29, 0.717) is 6.42 Å². The van der Waals surface area contributed by atoms with Crippen LogP contribution in [0.3, 0.4) is 0 Å². The fourth-order valence-corrected chi connectivity index (χ4v) is 2.28. The lowest BCUT2D eigenvalue weighted by Crippen LogP contribution is -2.24. The molecular formula is C17H20O3. The molecule has 106 valence electrons. The summed E-state index contributed by atoms with van der Waals surface area (Å²) in [6.45, 7) is 3.53. The van der Waals surface area contributed by atoms with E-state index in [-0.39, 0.29) is 0 Å². The quantitative estimate of drug-likeness (QED) is 0.898. The maximum Gasteiger partial charge on any atom is 0.309 e. The molecule has 2 aromatic rings. The number of carbonyl (C=O) groups is 1. The zero-order valence-electron chi connectivity index (χ0n) is 12.1. The average molecular weight is 272 g/mol. The van der Waals surface area contributed by atoms with Crippen molar-refractivity contribution in [2.75, 3.05) is 7.11 Å². The van der Waals surface area contributed by atoms with E-state index >= 15 is 0 Å². The summed E-state index contributed by atoms with van der Waals surface area (Å²) in [5.74, 6) is 0.0946. The lowest BCUT2D eigenvalue weighted by Gasteiger charge is -2.19. The first-order chi connectivity index (χ1) is 9.45. The van der Waals surface area contributed by atoms with Gasteiger partial charge in [-0.05, 0) is 43.7 Å². The Hall–Kier alpha value is -2.03. The molecule has 0 aliphatic carbocycles. The largest absolute Gasteiger partial charge is 0.496 e. The highest BCUT2D eigenvalue weighted by Gasteiger charge is 2.26. The van der Waals surface area contributed by atoms with Gasteiger partial charge in [0.05, 0.1) is 12.5 Å². The van der Waals surface area contributed by atoms with Gasteiger partial charge in [0.1, 0.15) is 5.75 Å². The molecular weight excluding hydrogens is 252 g/mol. The smallest absolute Gasteiger partial charge is 0.309 e. The molecule has 0 radical (unpaired) electrons. The number of aliphatic carboxylic acids is 1. The van der Waals surface area contributed by atoms with Gasteiger partial charge in [-0.1, -0.05) is 30.3 Å². The molecule has 2 aromatic carbocycles. The summed E-state index contributed by atoms with van der Waals surface area (Å²) in [7, 11) is 1.66. The first-order valence-electron chi connectivity index (χ1n) is 6.74. The van der Waals surface area contributed by atoms with Crippen LogP contribution in [-0.4, -0.2) is 18.2 Å². The first-order valence-corrected chi connectivity index (χ1v) is 6.74. The summed E-state index contributed by atoms with van der Waals surface area (Å²) in [4.78, 5) is 11.2. The third-order valence-electron chi connectivity index (χ3n) is 3.79. The molecule has 3 nitrogen and oxygen atoms in total. The Balaban J connectivity index is 2.34. The maximum absolute atomic E-state index is 11.2. The van der Waals surface area contributed by atoms with Gasteiger partial charge in [0.25, 0.3) is 0 Å².